The number of nitrogens with one attached hydrogen (secondary N) is 1. The van der Waals surface area contributed by atoms with Gasteiger partial charge in [0.1, 0.15) is 11.9 Å². The van der Waals surface area contributed by atoms with Crippen LogP contribution in [0.4, 0.5) is 0 Å². The van der Waals surface area contributed by atoms with Crippen LogP contribution in [0, 0.1) is 0 Å². The number of nitrogens with zero attached hydrogens (tertiary/aromatic N) is 3. The average Bonchev–Trinajstić information content (AvgIpc) is 3.11. The number of methoxy groups -OCH3 is 1. The van der Waals surface area contributed by atoms with Crippen molar-refractivity contribution in [1.29, 1.82) is 0 Å². The summed E-state index contributed by atoms with van der Waals surface area (Å²) < 4.78 is 31.2. The van der Waals surface area contributed by atoms with Crippen LogP contribution in [0.5, 0.6) is 0 Å². The summed E-state index contributed by atoms with van der Waals surface area (Å²) in [6, 6.07) is 5.93. The normalized spacial score (nSPS) is 17.9. The Labute approximate surface area is 159 Å². The summed E-state index contributed by atoms with van der Waals surface area (Å²) in [5, 5.41) is 3.30. The molecule has 1 unspecified atom stereocenters. The Balaban J connectivity index is 1.81. The van der Waals surface area contributed by atoms with Gasteiger partial charge in [-0.3, -0.25) is 4.79 Å². The Kier molecular flexibility index (Phi) is 5.93. The van der Waals surface area contributed by atoms with E-state index >= 15 is 0 Å². The number of hydrogen-bond donors (Lipinski definition) is 1. The first-order chi connectivity index (χ1) is 12.9. The van der Waals surface area contributed by atoms with Crippen LogP contribution in [0.15, 0.2) is 41.6 Å². The molecule has 1 N–H and O–H groups in total. The first-order valence-electron chi connectivity index (χ1n) is 8.74. The number of carbonyl (C=O) groups excluding carboxylic acids is 1. The number of imidazole rings is 1. The first-order valence-corrected chi connectivity index (χ1v) is 10.4. The lowest BCUT2D eigenvalue weighted by Gasteiger charge is -2.35. The van der Waals surface area contributed by atoms with Gasteiger partial charge in [-0.1, -0.05) is 0 Å². The van der Waals surface area contributed by atoms with Crippen molar-refractivity contribution in [2.24, 2.45) is 7.05 Å². The molecule has 1 aromatic heterocycles. The zero-order valence-electron chi connectivity index (χ0n) is 15.5. The van der Waals surface area contributed by atoms with Crippen molar-refractivity contribution in [3.05, 3.63) is 48.0 Å². The van der Waals surface area contributed by atoms with E-state index in [-0.39, 0.29) is 29.2 Å². The van der Waals surface area contributed by atoms with E-state index in [4.69, 9.17) is 4.74 Å². The minimum absolute atomic E-state index is 0.0875. The van der Waals surface area contributed by atoms with Gasteiger partial charge in [-0.2, -0.15) is 0 Å². The third-order valence-electron chi connectivity index (χ3n) is 4.68. The molecule has 3 rings (SSSR count). The largest absolute Gasteiger partial charge is 0.384 e. The summed E-state index contributed by atoms with van der Waals surface area (Å²) in [6.07, 6.45) is 3.57. The summed E-state index contributed by atoms with van der Waals surface area (Å²) in [4.78, 5) is 19.4. The molecule has 0 spiro atoms. The van der Waals surface area contributed by atoms with Gasteiger partial charge >= 0.3 is 0 Å². The van der Waals surface area contributed by atoms with Crippen LogP contribution in [0.2, 0.25) is 0 Å². The van der Waals surface area contributed by atoms with Crippen molar-refractivity contribution in [1.82, 2.24) is 19.8 Å². The SMILES string of the molecule is COCCS(=O)(=O)c1ccc(C(=O)N2CCNCC2c2nccn2C)cc1. The highest BCUT2D eigenvalue weighted by Gasteiger charge is 2.31. The minimum atomic E-state index is -3.41. The van der Waals surface area contributed by atoms with E-state index in [9.17, 15) is 13.2 Å². The Bertz CT molecular complexity index is 892. The monoisotopic (exact) mass is 392 g/mol. The molecular formula is C18H24N4O4S. The molecule has 1 fully saturated rings. The number of hydrogen-bond acceptors (Lipinski definition) is 6. The summed E-state index contributed by atoms with van der Waals surface area (Å²) in [7, 11) is -0.0517. The Morgan fingerprint density at radius 2 is 2.07 bits per heavy atom. The van der Waals surface area contributed by atoms with Gasteiger partial charge in [-0.05, 0) is 24.3 Å². The third-order valence-corrected chi connectivity index (χ3v) is 6.37. The summed E-state index contributed by atoms with van der Waals surface area (Å²) in [5.74, 6) is 0.593. The second-order valence-electron chi connectivity index (χ2n) is 6.45. The number of carbonyl (C=O) groups is 1. The fourth-order valence-electron chi connectivity index (χ4n) is 3.16. The van der Waals surface area contributed by atoms with Crippen molar-refractivity contribution in [3.63, 3.8) is 0 Å². The molecule has 0 radical (unpaired) electrons. The molecule has 2 aromatic rings. The van der Waals surface area contributed by atoms with Crippen LogP contribution in [0.3, 0.4) is 0 Å². The van der Waals surface area contributed by atoms with Gasteiger partial charge in [0.15, 0.2) is 9.84 Å². The molecule has 1 aromatic carbocycles. The van der Waals surface area contributed by atoms with Crippen LogP contribution in [-0.4, -0.2) is 67.9 Å². The lowest BCUT2D eigenvalue weighted by molar-refractivity contribution is 0.0620. The molecule has 0 saturated carbocycles. The Hall–Kier alpha value is -2.23. The van der Waals surface area contributed by atoms with Gasteiger partial charge in [-0.15, -0.1) is 0 Å². The van der Waals surface area contributed by atoms with Gasteiger partial charge in [0, 0.05) is 51.7 Å². The highest BCUT2D eigenvalue weighted by molar-refractivity contribution is 7.91. The minimum Gasteiger partial charge on any atom is -0.384 e. The molecule has 1 amide bonds. The summed E-state index contributed by atoms with van der Waals surface area (Å²) in [5.41, 5.74) is 0.460. The zero-order chi connectivity index (χ0) is 19.4. The number of rotatable bonds is 6. The van der Waals surface area contributed by atoms with Crippen molar-refractivity contribution in [2.75, 3.05) is 39.1 Å². The van der Waals surface area contributed by atoms with Crippen molar-refractivity contribution in [3.8, 4) is 0 Å². The van der Waals surface area contributed by atoms with Gasteiger partial charge in [-0.25, -0.2) is 13.4 Å². The fraction of sp³-hybridized carbons (Fsp3) is 0.444. The molecule has 0 bridgehead atoms. The number of sulfone groups is 1. The second-order valence-corrected chi connectivity index (χ2v) is 8.56. The number of piperazine rings is 1. The van der Waals surface area contributed by atoms with Gasteiger partial charge in [0.2, 0.25) is 0 Å². The average molecular weight is 392 g/mol. The molecule has 1 aliphatic rings. The number of amides is 1. The predicted molar refractivity (Wildman–Crippen MR) is 100 cm³/mol. The number of aromatic nitrogens is 2. The summed E-state index contributed by atoms with van der Waals surface area (Å²) >= 11 is 0. The number of aryl methyl sites for hydroxylation is 1. The topological polar surface area (TPSA) is 93.5 Å². The molecule has 0 aliphatic carbocycles. The van der Waals surface area contributed by atoms with Gasteiger partial charge < -0.3 is 19.5 Å². The standard InChI is InChI=1S/C18H24N4O4S/c1-21-9-8-20-17(21)16-13-19-7-10-22(16)18(23)14-3-5-15(6-4-14)27(24,25)12-11-26-2/h3-6,8-9,16,19H,7,10-13H2,1-2H3. The molecule has 2 heterocycles. The number of ether oxygens (including phenoxy) is 1. The third kappa shape index (κ3) is 4.20. The molecule has 1 saturated heterocycles. The van der Waals surface area contributed by atoms with E-state index in [0.29, 0.717) is 25.2 Å². The van der Waals surface area contributed by atoms with E-state index in [1.807, 2.05) is 17.8 Å². The van der Waals surface area contributed by atoms with E-state index in [2.05, 4.69) is 10.3 Å². The van der Waals surface area contributed by atoms with Crippen LogP contribution >= 0.6 is 0 Å². The van der Waals surface area contributed by atoms with Crippen molar-refractivity contribution in [2.45, 2.75) is 10.9 Å². The maximum Gasteiger partial charge on any atom is 0.254 e. The second kappa shape index (κ2) is 8.20. The maximum atomic E-state index is 13.0. The van der Waals surface area contributed by atoms with E-state index in [0.717, 1.165) is 5.82 Å². The predicted octanol–water partition coefficient (Wildman–Crippen LogP) is 0.627. The van der Waals surface area contributed by atoms with Crippen LogP contribution in [-0.2, 0) is 21.6 Å². The zero-order valence-corrected chi connectivity index (χ0v) is 16.3. The van der Waals surface area contributed by atoms with E-state index < -0.39 is 9.84 Å². The molecule has 1 aliphatic heterocycles. The van der Waals surface area contributed by atoms with Gasteiger partial charge in [0.05, 0.1) is 17.3 Å². The summed E-state index contributed by atoms with van der Waals surface area (Å²) in [6.45, 7) is 2.02. The first kappa shape index (κ1) is 19.5. The molecule has 27 heavy (non-hydrogen) atoms. The molecule has 1 atom stereocenters. The van der Waals surface area contributed by atoms with E-state index in [1.54, 1.807) is 23.2 Å². The quantitative estimate of drug-likeness (QED) is 0.775. The highest BCUT2D eigenvalue weighted by Crippen LogP contribution is 2.23. The number of benzene rings is 1. The van der Waals surface area contributed by atoms with Crippen molar-refractivity contribution >= 4 is 15.7 Å². The molecule has 146 valence electrons. The highest BCUT2D eigenvalue weighted by atomic mass is 32.2. The van der Waals surface area contributed by atoms with Crippen LogP contribution in [0.1, 0.15) is 22.2 Å². The van der Waals surface area contributed by atoms with Crippen LogP contribution < -0.4 is 5.32 Å². The van der Waals surface area contributed by atoms with Crippen LogP contribution in [0.25, 0.3) is 0 Å². The molecule has 9 heteroatoms. The molecule has 8 nitrogen and oxygen atoms in total. The van der Waals surface area contributed by atoms with E-state index in [1.165, 1.54) is 19.2 Å². The lowest BCUT2D eigenvalue weighted by atomic mass is 10.1. The molecular weight excluding hydrogens is 368 g/mol. The van der Waals surface area contributed by atoms with Crippen molar-refractivity contribution < 1.29 is 17.9 Å². The van der Waals surface area contributed by atoms with Gasteiger partial charge in [0.25, 0.3) is 5.91 Å². The smallest absolute Gasteiger partial charge is 0.254 e. The lowest BCUT2D eigenvalue weighted by Crippen LogP contribution is -2.49. The fourth-order valence-corrected chi connectivity index (χ4v) is 4.33. The maximum absolute atomic E-state index is 13.0. The Morgan fingerprint density at radius 1 is 1.33 bits per heavy atom. The Morgan fingerprint density at radius 3 is 2.70 bits per heavy atom.